The molecular weight excluding hydrogens is 414 g/mol. The van der Waals surface area contributed by atoms with Gasteiger partial charge in [-0.2, -0.15) is 0 Å². The summed E-state index contributed by atoms with van der Waals surface area (Å²) in [5.74, 6) is 1.02. The molecule has 0 amide bonds. The van der Waals surface area contributed by atoms with E-state index in [4.69, 9.17) is 18.6 Å². The first-order chi connectivity index (χ1) is 15.0. The number of nitrogens with zero attached hydrogens (tertiary/aromatic N) is 3. The van der Waals surface area contributed by atoms with Crippen LogP contribution in [0.4, 0.5) is 5.13 Å². The molecule has 0 unspecified atom stereocenters. The van der Waals surface area contributed by atoms with Gasteiger partial charge in [0, 0.05) is 42.2 Å². The van der Waals surface area contributed by atoms with Crippen molar-refractivity contribution >= 4 is 39.7 Å². The zero-order chi connectivity index (χ0) is 21.3. The summed E-state index contributed by atoms with van der Waals surface area (Å²) in [6.07, 6.45) is 8.30. The third kappa shape index (κ3) is 4.92. The van der Waals surface area contributed by atoms with Gasteiger partial charge < -0.3 is 23.5 Å². The lowest BCUT2D eigenvalue weighted by Crippen LogP contribution is -2.41. The van der Waals surface area contributed by atoms with E-state index in [1.807, 2.05) is 50.4 Å². The highest BCUT2D eigenvalue weighted by atomic mass is 32.1. The molecule has 1 aromatic carbocycles. The van der Waals surface area contributed by atoms with E-state index < -0.39 is 5.79 Å². The van der Waals surface area contributed by atoms with Gasteiger partial charge in [-0.25, -0.2) is 9.97 Å². The summed E-state index contributed by atoms with van der Waals surface area (Å²) in [5, 5.41) is 1.09. The first-order valence-corrected chi connectivity index (χ1v) is 11.6. The lowest BCUT2D eigenvalue weighted by atomic mass is 10.1. The van der Waals surface area contributed by atoms with Crippen molar-refractivity contribution in [1.29, 1.82) is 0 Å². The summed E-state index contributed by atoms with van der Waals surface area (Å²) in [7, 11) is 0. The van der Waals surface area contributed by atoms with Gasteiger partial charge in [-0.3, -0.25) is 0 Å². The van der Waals surface area contributed by atoms with Crippen molar-refractivity contribution in [1.82, 2.24) is 9.97 Å². The first kappa shape index (κ1) is 20.5. The van der Waals surface area contributed by atoms with Crippen LogP contribution in [-0.4, -0.2) is 48.7 Å². The number of benzene rings is 1. The van der Waals surface area contributed by atoms with E-state index in [9.17, 15) is 0 Å². The maximum Gasteiger partial charge on any atom is 0.220 e. The molecule has 0 atom stereocenters. The minimum atomic E-state index is -0.506. The van der Waals surface area contributed by atoms with Crippen LogP contribution in [0, 0.1) is 5.92 Å². The third-order valence-electron chi connectivity index (χ3n) is 5.47. The highest BCUT2D eigenvalue weighted by Gasteiger charge is 2.28. The number of aromatic nitrogens is 2. The fourth-order valence-electron chi connectivity index (χ4n) is 3.68. The molecule has 164 valence electrons. The monoisotopic (exact) mass is 441 g/mol. The van der Waals surface area contributed by atoms with Gasteiger partial charge in [0.05, 0.1) is 19.8 Å². The fraction of sp³-hybridized carbons (Fsp3) is 0.478. The minimum Gasteiger partial charge on any atom is -0.493 e. The van der Waals surface area contributed by atoms with E-state index in [0.29, 0.717) is 31.3 Å². The van der Waals surface area contributed by atoms with E-state index >= 15 is 0 Å². The summed E-state index contributed by atoms with van der Waals surface area (Å²) in [4.78, 5) is 12.5. The number of hydrogen-bond donors (Lipinski definition) is 0. The van der Waals surface area contributed by atoms with E-state index in [0.717, 1.165) is 34.4 Å². The highest BCUT2D eigenvalue weighted by molar-refractivity contribution is 7.16. The van der Waals surface area contributed by atoms with Crippen molar-refractivity contribution < 1.29 is 18.6 Å². The molecule has 2 aliphatic heterocycles. The largest absolute Gasteiger partial charge is 0.493 e. The minimum absolute atomic E-state index is 0.210. The van der Waals surface area contributed by atoms with Crippen molar-refractivity contribution in [2.75, 3.05) is 37.8 Å². The molecule has 2 aliphatic rings. The second-order valence-electron chi connectivity index (χ2n) is 8.45. The van der Waals surface area contributed by atoms with Crippen LogP contribution in [0.5, 0.6) is 5.75 Å². The molecule has 2 fully saturated rings. The Morgan fingerprint density at radius 1 is 1.19 bits per heavy atom. The molecule has 0 aliphatic carbocycles. The molecule has 0 N–H and O–H groups in total. The van der Waals surface area contributed by atoms with Crippen molar-refractivity contribution in [3.05, 3.63) is 35.2 Å². The Kier molecular flexibility index (Phi) is 5.69. The first-order valence-electron chi connectivity index (χ1n) is 10.7. The van der Waals surface area contributed by atoms with Crippen molar-refractivity contribution in [3.63, 3.8) is 0 Å². The van der Waals surface area contributed by atoms with Gasteiger partial charge in [0.1, 0.15) is 11.3 Å². The molecule has 2 saturated heterocycles. The standard InChI is InChI=1S/C23H27N3O4S/c1-23(2)28-14-16(15-29-23)13-27-17-5-7-19-20(11-17)30-21(25-19)8-6-18-12-24-22(31-18)26-9-3-4-10-26/h5-8,11-12,16H,3-4,9-10,13-15H2,1-2H3/b8-6+. The number of hydrogen-bond acceptors (Lipinski definition) is 8. The SMILES string of the molecule is CC1(C)OCC(COc2ccc3nc(/C=C/c4cnc(N5CCCC5)s4)oc3c2)CO1. The van der Waals surface area contributed by atoms with Crippen molar-refractivity contribution in [2.24, 2.45) is 5.92 Å². The molecular formula is C23H27N3O4S. The van der Waals surface area contributed by atoms with Gasteiger partial charge in [-0.05, 0) is 44.9 Å². The summed E-state index contributed by atoms with van der Waals surface area (Å²) in [6, 6.07) is 5.71. The van der Waals surface area contributed by atoms with E-state index in [-0.39, 0.29) is 5.92 Å². The zero-order valence-corrected chi connectivity index (χ0v) is 18.7. The summed E-state index contributed by atoms with van der Waals surface area (Å²) < 4.78 is 23.2. The molecule has 31 heavy (non-hydrogen) atoms. The van der Waals surface area contributed by atoms with E-state index in [2.05, 4.69) is 14.9 Å². The zero-order valence-electron chi connectivity index (χ0n) is 17.9. The number of thiazole rings is 1. The van der Waals surface area contributed by atoms with Crippen LogP contribution in [-0.2, 0) is 9.47 Å². The van der Waals surface area contributed by atoms with Crippen LogP contribution in [0.15, 0.2) is 28.8 Å². The van der Waals surface area contributed by atoms with E-state index in [1.54, 1.807) is 11.3 Å². The van der Waals surface area contributed by atoms with Gasteiger partial charge in [0.25, 0.3) is 0 Å². The number of rotatable bonds is 6. The van der Waals surface area contributed by atoms with Crippen LogP contribution in [0.2, 0.25) is 0 Å². The summed E-state index contributed by atoms with van der Waals surface area (Å²) >= 11 is 1.70. The highest BCUT2D eigenvalue weighted by Crippen LogP contribution is 2.28. The van der Waals surface area contributed by atoms with Gasteiger partial charge >= 0.3 is 0 Å². The molecule has 4 heterocycles. The molecule has 2 aromatic heterocycles. The summed E-state index contributed by atoms with van der Waals surface area (Å²) in [6.45, 7) is 7.85. The Balaban J connectivity index is 1.21. The Bertz CT molecular complexity index is 1060. The fourth-order valence-corrected chi connectivity index (χ4v) is 4.55. The predicted molar refractivity (Wildman–Crippen MR) is 121 cm³/mol. The Labute approximate surface area is 185 Å². The van der Waals surface area contributed by atoms with Gasteiger partial charge in [0.2, 0.25) is 5.89 Å². The van der Waals surface area contributed by atoms with Crippen LogP contribution in [0.3, 0.4) is 0 Å². The third-order valence-corrected chi connectivity index (χ3v) is 6.50. The topological polar surface area (TPSA) is 69.9 Å². The van der Waals surface area contributed by atoms with Crippen LogP contribution in [0.25, 0.3) is 23.3 Å². The maximum absolute atomic E-state index is 5.93. The van der Waals surface area contributed by atoms with E-state index in [1.165, 1.54) is 12.8 Å². The van der Waals surface area contributed by atoms with Crippen LogP contribution < -0.4 is 9.64 Å². The molecule has 3 aromatic rings. The number of fused-ring (bicyclic) bond motifs is 1. The van der Waals surface area contributed by atoms with Crippen LogP contribution >= 0.6 is 11.3 Å². The van der Waals surface area contributed by atoms with Gasteiger partial charge in [-0.1, -0.05) is 11.3 Å². The smallest absolute Gasteiger partial charge is 0.220 e. The number of oxazole rings is 1. The Morgan fingerprint density at radius 2 is 2.00 bits per heavy atom. The number of ether oxygens (including phenoxy) is 3. The second-order valence-corrected chi connectivity index (χ2v) is 9.49. The predicted octanol–water partition coefficient (Wildman–Crippen LogP) is 4.83. The lowest BCUT2D eigenvalue weighted by molar-refractivity contribution is -0.264. The maximum atomic E-state index is 5.93. The molecule has 0 saturated carbocycles. The second kappa shape index (κ2) is 8.61. The molecule has 7 nitrogen and oxygen atoms in total. The quantitative estimate of drug-likeness (QED) is 0.542. The van der Waals surface area contributed by atoms with Gasteiger partial charge in [-0.15, -0.1) is 0 Å². The average Bonchev–Trinajstić information content (AvgIpc) is 3.51. The normalized spacial score (nSPS) is 19.6. The Hall–Kier alpha value is -2.42. The van der Waals surface area contributed by atoms with Crippen LogP contribution in [0.1, 0.15) is 37.5 Å². The van der Waals surface area contributed by atoms with Crippen molar-refractivity contribution in [2.45, 2.75) is 32.5 Å². The van der Waals surface area contributed by atoms with Gasteiger partial charge in [0.15, 0.2) is 16.5 Å². The van der Waals surface area contributed by atoms with Crippen molar-refractivity contribution in [3.8, 4) is 5.75 Å². The molecule has 0 bridgehead atoms. The number of anilines is 1. The average molecular weight is 442 g/mol. The molecule has 8 heteroatoms. The lowest BCUT2D eigenvalue weighted by Gasteiger charge is -2.34. The molecule has 0 spiro atoms. The molecule has 0 radical (unpaired) electrons. The Morgan fingerprint density at radius 3 is 2.81 bits per heavy atom. The molecule has 5 rings (SSSR count). The summed E-state index contributed by atoms with van der Waals surface area (Å²) in [5.41, 5.74) is 1.51.